The van der Waals surface area contributed by atoms with Crippen LogP contribution in [-0.2, 0) is 0 Å². The molecule has 6 nitrogen and oxygen atoms in total. The third kappa shape index (κ3) is 3.85. The van der Waals surface area contributed by atoms with Crippen LogP contribution in [0.1, 0.15) is 28.9 Å². The number of nitrogens with zero attached hydrogens (tertiary/aromatic N) is 2. The van der Waals surface area contributed by atoms with E-state index < -0.39 is 4.92 Å². The predicted molar refractivity (Wildman–Crippen MR) is 80.9 cm³/mol. The number of nitro benzene ring substituents is 1. The van der Waals surface area contributed by atoms with Crippen molar-refractivity contribution in [1.29, 1.82) is 0 Å². The number of nitrogens with one attached hydrogen (secondary N) is 1. The summed E-state index contributed by atoms with van der Waals surface area (Å²) >= 11 is 3.20. The Morgan fingerprint density at radius 2 is 2.14 bits per heavy atom. The molecule has 7 heteroatoms. The first-order valence-electron chi connectivity index (χ1n) is 6.14. The minimum absolute atomic E-state index is 0.00101. The number of non-ortho nitro benzene ring substituents is 1. The van der Waals surface area contributed by atoms with Gasteiger partial charge in [-0.3, -0.25) is 14.9 Å². The molecule has 0 spiro atoms. The second-order valence-corrected chi connectivity index (χ2v) is 5.23. The molecular weight excluding hydrogens is 338 g/mol. The van der Waals surface area contributed by atoms with Crippen LogP contribution in [0.5, 0.6) is 0 Å². The van der Waals surface area contributed by atoms with E-state index in [0.29, 0.717) is 15.7 Å². The second-order valence-electron chi connectivity index (χ2n) is 4.42. The quantitative estimate of drug-likeness (QED) is 0.521. The van der Waals surface area contributed by atoms with Crippen LogP contribution in [0.4, 0.5) is 5.69 Å². The van der Waals surface area contributed by atoms with Crippen molar-refractivity contribution >= 4 is 27.5 Å². The highest BCUT2D eigenvalue weighted by atomic mass is 79.9. The van der Waals surface area contributed by atoms with Gasteiger partial charge in [0.1, 0.15) is 4.60 Å². The molecule has 1 atom stereocenters. The van der Waals surface area contributed by atoms with Crippen molar-refractivity contribution in [2.45, 2.75) is 13.0 Å². The van der Waals surface area contributed by atoms with Crippen LogP contribution in [0.3, 0.4) is 0 Å². The zero-order chi connectivity index (χ0) is 15.4. The molecule has 0 aliphatic rings. The number of aromatic nitrogens is 1. The number of pyridine rings is 1. The Morgan fingerprint density at radius 1 is 1.38 bits per heavy atom. The molecule has 0 saturated heterocycles. The van der Waals surface area contributed by atoms with Gasteiger partial charge in [-0.05, 0) is 40.5 Å². The highest BCUT2D eigenvalue weighted by Crippen LogP contribution is 2.19. The number of carbonyl (C=O) groups excluding carboxylic acids is 1. The molecule has 1 unspecified atom stereocenters. The summed E-state index contributed by atoms with van der Waals surface area (Å²) in [6.07, 6.45) is 1.46. The van der Waals surface area contributed by atoms with Gasteiger partial charge in [-0.2, -0.15) is 0 Å². The van der Waals surface area contributed by atoms with Crippen LogP contribution in [0.25, 0.3) is 0 Å². The first kappa shape index (κ1) is 15.1. The summed E-state index contributed by atoms with van der Waals surface area (Å²) < 4.78 is 0.644. The van der Waals surface area contributed by atoms with Crippen molar-refractivity contribution in [2.75, 3.05) is 0 Å². The summed E-state index contributed by atoms with van der Waals surface area (Å²) in [6.45, 7) is 1.77. The molecule has 1 heterocycles. The minimum atomic E-state index is -0.462. The molecule has 0 saturated carbocycles. The third-order valence-electron chi connectivity index (χ3n) is 2.92. The summed E-state index contributed by atoms with van der Waals surface area (Å²) in [7, 11) is 0. The Balaban J connectivity index is 2.12. The average Bonchev–Trinajstić information content (AvgIpc) is 2.48. The third-order valence-corrected chi connectivity index (χ3v) is 3.39. The predicted octanol–water partition coefficient (Wildman–Crippen LogP) is 3.24. The Hall–Kier alpha value is -2.28. The van der Waals surface area contributed by atoms with Gasteiger partial charge in [-0.1, -0.05) is 12.1 Å². The van der Waals surface area contributed by atoms with E-state index in [1.165, 1.54) is 18.3 Å². The maximum absolute atomic E-state index is 12.1. The molecule has 1 aromatic heterocycles. The Bertz CT molecular complexity index is 673. The summed E-state index contributed by atoms with van der Waals surface area (Å²) in [5, 5.41) is 13.5. The van der Waals surface area contributed by atoms with E-state index in [4.69, 9.17) is 0 Å². The van der Waals surface area contributed by atoms with Gasteiger partial charge < -0.3 is 5.32 Å². The monoisotopic (exact) mass is 349 g/mol. The van der Waals surface area contributed by atoms with Crippen molar-refractivity contribution in [1.82, 2.24) is 10.3 Å². The van der Waals surface area contributed by atoms with Crippen molar-refractivity contribution in [3.05, 3.63) is 68.4 Å². The number of hydrogen-bond donors (Lipinski definition) is 1. The molecule has 0 radical (unpaired) electrons. The van der Waals surface area contributed by atoms with Crippen LogP contribution >= 0.6 is 15.9 Å². The largest absolute Gasteiger partial charge is 0.345 e. The fourth-order valence-electron chi connectivity index (χ4n) is 1.78. The molecule has 0 bridgehead atoms. The van der Waals surface area contributed by atoms with Crippen LogP contribution in [0, 0.1) is 10.1 Å². The molecule has 21 heavy (non-hydrogen) atoms. The molecule has 2 rings (SSSR count). The van der Waals surface area contributed by atoms with Gasteiger partial charge in [0.25, 0.3) is 11.6 Å². The lowest BCUT2D eigenvalue weighted by Crippen LogP contribution is -2.26. The normalized spacial score (nSPS) is 11.7. The maximum atomic E-state index is 12.1. The van der Waals surface area contributed by atoms with E-state index in [9.17, 15) is 14.9 Å². The smallest absolute Gasteiger partial charge is 0.269 e. The summed E-state index contributed by atoms with van der Waals surface area (Å²) in [4.78, 5) is 26.3. The number of amides is 1. The van der Waals surface area contributed by atoms with Crippen molar-refractivity contribution in [3.8, 4) is 0 Å². The lowest BCUT2D eigenvalue weighted by Gasteiger charge is -2.14. The molecular formula is C14H12BrN3O3. The number of benzene rings is 1. The molecule has 2 aromatic rings. The zero-order valence-corrected chi connectivity index (χ0v) is 12.7. The molecule has 1 aromatic carbocycles. The van der Waals surface area contributed by atoms with Crippen LogP contribution in [-0.4, -0.2) is 15.8 Å². The van der Waals surface area contributed by atoms with Gasteiger partial charge in [0.2, 0.25) is 0 Å². The molecule has 108 valence electrons. The zero-order valence-electron chi connectivity index (χ0n) is 11.1. The highest BCUT2D eigenvalue weighted by molar-refractivity contribution is 9.10. The topological polar surface area (TPSA) is 85.1 Å². The van der Waals surface area contributed by atoms with Crippen LogP contribution in [0.2, 0.25) is 0 Å². The van der Waals surface area contributed by atoms with E-state index in [0.717, 1.165) is 0 Å². The van der Waals surface area contributed by atoms with Gasteiger partial charge >= 0.3 is 0 Å². The van der Waals surface area contributed by atoms with E-state index in [2.05, 4.69) is 26.2 Å². The van der Waals surface area contributed by atoms with E-state index >= 15 is 0 Å². The molecule has 1 N–H and O–H groups in total. The molecule has 0 fully saturated rings. The number of rotatable bonds is 4. The Kier molecular flexibility index (Phi) is 4.64. The summed E-state index contributed by atoms with van der Waals surface area (Å²) in [5.74, 6) is -0.283. The van der Waals surface area contributed by atoms with Gasteiger partial charge in [0, 0.05) is 18.3 Å². The lowest BCUT2D eigenvalue weighted by atomic mass is 10.1. The first-order valence-corrected chi connectivity index (χ1v) is 6.93. The van der Waals surface area contributed by atoms with Gasteiger partial charge in [0.15, 0.2) is 0 Å². The van der Waals surface area contributed by atoms with E-state index in [1.807, 2.05) is 0 Å². The Morgan fingerprint density at radius 3 is 2.76 bits per heavy atom. The van der Waals surface area contributed by atoms with Crippen molar-refractivity contribution < 1.29 is 9.72 Å². The lowest BCUT2D eigenvalue weighted by molar-refractivity contribution is -0.384. The standard InChI is InChI=1S/C14H12BrN3O3/c1-9(10-3-2-4-12(7-10)18(20)21)17-14(19)11-5-6-13(15)16-8-11/h2-9H,1H3,(H,17,19). The van der Waals surface area contributed by atoms with Crippen molar-refractivity contribution in [3.63, 3.8) is 0 Å². The number of carbonyl (C=O) groups is 1. The van der Waals surface area contributed by atoms with Crippen molar-refractivity contribution in [2.24, 2.45) is 0 Å². The molecule has 0 aliphatic carbocycles. The molecule has 0 aliphatic heterocycles. The van der Waals surface area contributed by atoms with Crippen LogP contribution < -0.4 is 5.32 Å². The Labute approximate surface area is 129 Å². The van der Waals surface area contributed by atoms with E-state index in [-0.39, 0.29) is 17.6 Å². The first-order chi connectivity index (χ1) is 9.97. The van der Waals surface area contributed by atoms with Gasteiger partial charge in [-0.25, -0.2) is 4.98 Å². The van der Waals surface area contributed by atoms with Crippen LogP contribution in [0.15, 0.2) is 47.2 Å². The highest BCUT2D eigenvalue weighted by Gasteiger charge is 2.14. The fourth-order valence-corrected chi connectivity index (χ4v) is 2.02. The minimum Gasteiger partial charge on any atom is -0.345 e. The number of nitro groups is 1. The summed E-state index contributed by atoms with van der Waals surface area (Å²) in [5.41, 5.74) is 1.09. The SMILES string of the molecule is CC(NC(=O)c1ccc(Br)nc1)c1cccc([N+](=O)[O-])c1. The number of hydrogen-bond acceptors (Lipinski definition) is 4. The number of halogens is 1. The van der Waals surface area contributed by atoms with Gasteiger partial charge in [0.05, 0.1) is 16.5 Å². The average molecular weight is 350 g/mol. The van der Waals surface area contributed by atoms with E-state index in [1.54, 1.807) is 31.2 Å². The summed E-state index contributed by atoms with van der Waals surface area (Å²) in [6, 6.07) is 9.16. The molecule has 1 amide bonds. The maximum Gasteiger partial charge on any atom is 0.269 e. The fraction of sp³-hybridized carbons (Fsp3) is 0.143. The second kappa shape index (κ2) is 6.45. The van der Waals surface area contributed by atoms with Gasteiger partial charge in [-0.15, -0.1) is 0 Å².